The van der Waals surface area contributed by atoms with Gasteiger partial charge in [0.2, 0.25) is 0 Å². The van der Waals surface area contributed by atoms with E-state index in [1.54, 1.807) is 0 Å². The van der Waals surface area contributed by atoms with Crippen molar-refractivity contribution in [2.75, 3.05) is 13.2 Å². The lowest BCUT2D eigenvalue weighted by atomic mass is 9.82. The van der Waals surface area contributed by atoms with Crippen LogP contribution in [0, 0.1) is 5.92 Å². The van der Waals surface area contributed by atoms with Crippen LogP contribution in [0.3, 0.4) is 0 Å². The molecule has 1 aliphatic carbocycles. The van der Waals surface area contributed by atoms with Crippen LogP contribution in [0.25, 0.3) is 0 Å². The van der Waals surface area contributed by atoms with Gasteiger partial charge in [-0.2, -0.15) is 0 Å². The van der Waals surface area contributed by atoms with E-state index in [0.29, 0.717) is 6.04 Å². The molecule has 0 aromatic rings. The summed E-state index contributed by atoms with van der Waals surface area (Å²) in [7, 11) is 0. The van der Waals surface area contributed by atoms with Crippen LogP contribution in [0.2, 0.25) is 0 Å². The molecule has 1 aliphatic rings. The first-order valence-electron chi connectivity index (χ1n) is 6.42. The van der Waals surface area contributed by atoms with Crippen molar-refractivity contribution in [2.24, 2.45) is 11.8 Å². The minimum Gasteiger partial charge on any atom is -0.382 e. The average molecular weight is 214 g/mol. The highest BCUT2D eigenvalue weighted by Crippen LogP contribution is 2.27. The molecule has 0 saturated heterocycles. The van der Waals surface area contributed by atoms with Gasteiger partial charge in [0.25, 0.3) is 0 Å². The van der Waals surface area contributed by atoms with Crippen LogP contribution >= 0.6 is 0 Å². The highest BCUT2D eigenvalue weighted by molar-refractivity contribution is 4.77. The molecule has 0 bridgehead atoms. The number of nitrogens with two attached hydrogens (primary N) is 1. The summed E-state index contributed by atoms with van der Waals surface area (Å²) in [5.74, 6) is 6.42. The molecule has 0 aliphatic heterocycles. The minimum absolute atomic E-state index is 0.505. The Labute approximate surface area is 93.7 Å². The molecule has 1 fully saturated rings. The van der Waals surface area contributed by atoms with Crippen LogP contribution in [-0.4, -0.2) is 19.3 Å². The van der Waals surface area contributed by atoms with Gasteiger partial charge in [0.15, 0.2) is 0 Å². The lowest BCUT2D eigenvalue weighted by molar-refractivity contribution is 0.135. The summed E-state index contributed by atoms with van der Waals surface area (Å²) in [6.07, 6.45) is 9.16. The second-order valence-corrected chi connectivity index (χ2v) is 4.51. The number of hydrazine groups is 1. The van der Waals surface area contributed by atoms with Crippen LogP contribution in [0.5, 0.6) is 0 Å². The molecule has 1 saturated carbocycles. The first kappa shape index (κ1) is 12.9. The molecular weight excluding hydrogens is 188 g/mol. The van der Waals surface area contributed by atoms with Gasteiger partial charge in [-0.05, 0) is 38.5 Å². The highest BCUT2D eigenvalue weighted by atomic mass is 16.5. The molecule has 0 spiro atoms. The van der Waals surface area contributed by atoms with Crippen LogP contribution < -0.4 is 11.3 Å². The molecule has 0 radical (unpaired) electrons. The largest absolute Gasteiger partial charge is 0.382 e. The molecule has 1 rings (SSSR count). The molecule has 3 heteroatoms. The summed E-state index contributed by atoms with van der Waals surface area (Å²) < 4.78 is 5.35. The van der Waals surface area contributed by atoms with Crippen LogP contribution in [0.1, 0.15) is 51.9 Å². The molecule has 90 valence electrons. The minimum atomic E-state index is 0.505. The number of nitrogens with one attached hydrogen (secondary N) is 1. The monoisotopic (exact) mass is 214 g/mol. The summed E-state index contributed by atoms with van der Waals surface area (Å²) >= 11 is 0. The second kappa shape index (κ2) is 8.08. The normalized spacial score (nSPS) is 20.4. The average Bonchev–Trinajstić information content (AvgIpc) is 2.30. The van der Waals surface area contributed by atoms with E-state index in [1.807, 2.05) is 6.92 Å². The summed E-state index contributed by atoms with van der Waals surface area (Å²) in [5.41, 5.74) is 2.99. The van der Waals surface area contributed by atoms with Crippen molar-refractivity contribution >= 4 is 0 Å². The maximum atomic E-state index is 5.63. The third-order valence-corrected chi connectivity index (χ3v) is 3.44. The zero-order valence-corrected chi connectivity index (χ0v) is 10.0. The number of hydrogen-bond donors (Lipinski definition) is 2. The van der Waals surface area contributed by atoms with E-state index in [9.17, 15) is 0 Å². The summed E-state index contributed by atoms with van der Waals surface area (Å²) in [6.45, 7) is 3.74. The second-order valence-electron chi connectivity index (χ2n) is 4.51. The van der Waals surface area contributed by atoms with Crippen molar-refractivity contribution in [3.05, 3.63) is 0 Å². The maximum Gasteiger partial charge on any atom is 0.0466 e. The molecule has 0 aromatic heterocycles. The van der Waals surface area contributed by atoms with Crippen LogP contribution in [0.4, 0.5) is 0 Å². The lowest BCUT2D eigenvalue weighted by Gasteiger charge is -2.29. The fourth-order valence-electron chi connectivity index (χ4n) is 2.54. The maximum absolute atomic E-state index is 5.63. The summed E-state index contributed by atoms with van der Waals surface area (Å²) in [5, 5.41) is 0. The number of hydrogen-bond acceptors (Lipinski definition) is 3. The van der Waals surface area contributed by atoms with Gasteiger partial charge in [-0.3, -0.25) is 11.3 Å². The predicted octanol–water partition coefficient (Wildman–Crippen LogP) is 2.22. The van der Waals surface area contributed by atoms with Crippen LogP contribution in [0.15, 0.2) is 0 Å². The third-order valence-electron chi connectivity index (χ3n) is 3.44. The Balaban J connectivity index is 2.15. The van der Waals surface area contributed by atoms with Crippen molar-refractivity contribution in [1.29, 1.82) is 0 Å². The molecule has 0 aromatic carbocycles. The molecule has 1 atom stereocenters. The SMILES string of the molecule is CCOCCCC(NN)C1CCCCC1. The van der Waals surface area contributed by atoms with Crippen molar-refractivity contribution < 1.29 is 4.74 Å². The smallest absolute Gasteiger partial charge is 0.0466 e. The Bertz CT molecular complexity index is 147. The Morgan fingerprint density at radius 2 is 2.07 bits per heavy atom. The van der Waals surface area contributed by atoms with Gasteiger partial charge >= 0.3 is 0 Å². The summed E-state index contributed by atoms with van der Waals surface area (Å²) in [4.78, 5) is 0. The molecule has 15 heavy (non-hydrogen) atoms. The van der Waals surface area contributed by atoms with Gasteiger partial charge in [-0.25, -0.2) is 0 Å². The Morgan fingerprint density at radius 3 is 2.67 bits per heavy atom. The Morgan fingerprint density at radius 1 is 1.33 bits per heavy atom. The molecule has 0 amide bonds. The van der Waals surface area contributed by atoms with Crippen molar-refractivity contribution in [1.82, 2.24) is 5.43 Å². The van der Waals surface area contributed by atoms with Gasteiger partial charge in [0.1, 0.15) is 0 Å². The summed E-state index contributed by atoms with van der Waals surface area (Å²) in [6, 6.07) is 0.505. The number of ether oxygens (including phenoxy) is 1. The fourth-order valence-corrected chi connectivity index (χ4v) is 2.54. The van der Waals surface area contributed by atoms with Gasteiger partial charge in [0, 0.05) is 19.3 Å². The predicted molar refractivity (Wildman–Crippen MR) is 63.4 cm³/mol. The van der Waals surface area contributed by atoms with E-state index in [2.05, 4.69) is 5.43 Å². The zero-order chi connectivity index (χ0) is 10.9. The lowest BCUT2D eigenvalue weighted by Crippen LogP contribution is -2.41. The van der Waals surface area contributed by atoms with E-state index in [1.165, 1.54) is 32.1 Å². The highest BCUT2D eigenvalue weighted by Gasteiger charge is 2.21. The topological polar surface area (TPSA) is 47.3 Å². The molecule has 0 heterocycles. The third kappa shape index (κ3) is 4.96. The van der Waals surface area contributed by atoms with Gasteiger partial charge in [-0.1, -0.05) is 19.3 Å². The van der Waals surface area contributed by atoms with Gasteiger partial charge in [0.05, 0.1) is 0 Å². The number of rotatable bonds is 7. The van der Waals surface area contributed by atoms with Crippen molar-refractivity contribution in [3.8, 4) is 0 Å². The molecule has 3 nitrogen and oxygen atoms in total. The van der Waals surface area contributed by atoms with Gasteiger partial charge < -0.3 is 4.74 Å². The van der Waals surface area contributed by atoms with E-state index >= 15 is 0 Å². The van der Waals surface area contributed by atoms with E-state index < -0.39 is 0 Å². The molecule has 1 unspecified atom stereocenters. The standard InChI is InChI=1S/C12H26N2O/c1-2-15-10-6-9-12(14-13)11-7-4-3-5-8-11/h11-12,14H,2-10,13H2,1H3. The quantitative estimate of drug-likeness (QED) is 0.388. The Kier molecular flexibility index (Phi) is 6.98. The first-order chi connectivity index (χ1) is 7.38. The molecular formula is C12H26N2O. The molecule has 3 N–H and O–H groups in total. The van der Waals surface area contributed by atoms with Crippen molar-refractivity contribution in [3.63, 3.8) is 0 Å². The van der Waals surface area contributed by atoms with Gasteiger partial charge in [-0.15, -0.1) is 0 Å². The van der Waals surface area contributed by atoms with E-state index in [4.69, 9.17) is 10.6 Å². The first-order valence-corrected chi connectivity index (χ1v) is 6.42. The zero-order valence-electron chi connectivity index (χ0n) is 10.0. The fraction of sp³-hybridized carbons (Fsp3) is 1.00. The van der Waals surface area contributed by atoms with Crippen molar-refractivity contribution in [2.45, 2.75) is 57.9 Å². The van der Waals surface area contributed by atoms with Crippen LogP contribution in [-0.2, 0) is 4.74 Å². The van der Waals surface area contributed by atoms with E-state index in [-0.39, 0.29) is 0 Å². The Hall–Kier alpha value is -0.120. The van der Waals surface area contributed by atoms with E-state index in [0.717, 1.165) is 32.0 Å².